The molecule has 0 N–H and O–H groups in total. The Kier molecular flexibility index (Phi) is 4.04. The predicted octanol–water partition coefficient (Wildman–Crippen LogP) is 2.49. The van der Waals surface area contributed by atoms with Crippen molar-refractivity contribution in [2.24, 2.45) is 0 Å². The van der Waals surface area contributed by atoms with Crippen LogP contribution in [0, 0.1) is 12.7 Å². The van der Waals surface area contributed by atoms with Crippen LogP contribution in [-0.2, 0) is 0 Å². The molecule has 0 atom stereocenters. The van der Waals surface area contributed by atoms with E-state index in [1.165, 1.54) is 6.07 Å². The number of nitrogens with zero attached hydrogens (tertiary/aromatic N) is 3. The normalized spacial score (nSPS) is 15.0. The van der Waals surface area contributed by atoms with Crippen molar-refractivity contribution in [1.82, 2.24) is 9.88 Å². The SMILES string of the molecule is Cc1ccc(C(=O)N2CCN(c3ccccn3)CC2)cc1F. The molecule has 1 aromatic heterocycles. The number of rotatable bonds is 2. The van der Waals surface area contributed by atoms with E-state index in [-0.39, 0.29) is 11.7 Å². The van der Waals surface area contributed by atoms with E-state index in [4.69, 9.17) is 0 Å². The Morgan fingerprint density at radius 3 is 2.55 bits per heavy atom. The number of anilines is 1. The molecule has 0 aliphatic carbocycles. The zero-order chi connectivity index (χ0) is 15.5. The molecule has 5 heteroatoms. The van der Waals surface area contributed by atoms with Crippen molar-refractivity contribution in [2.75, 3.05) is 31.1 Å². The van der Waals surface area contributed by atoms with Crippen molar-refractivity contribution >= 4 is 11.7 Å². The summed E-state index contributed by atoms with van der Waals surface area (Å²) in [4.78, 5) is 20.7. The number of carbonyl (C=O) groups is 1. The molecule has 22 heavy (non-hydrogen) atoms. The molecule has 1 saturated heterocycles. The summed E-state index contributed by atoms with van der Waals surface area (Å²) in [5, 5.41) is 0. The highest BCUT2D eigenvalue weighted by Crippen LogP contribution is 2.16. The molecule has 1 aliphatic heterocycles. The first-order valence-electron chi connectivity index (χ1n) is 7.36. The Bertz CT molecular complexity index is 667. The standard InChI is InChI=1S/C17H18FN3O/c1-13-5-6-14(12-15(13)18)17(22)21-10-8-20(9-11-21)16-4-2-3-7-19-16/h2-7,12H,8-11H2,1H3. The molecular weight excluding hydrogens is 281 g/mol. The molecule has 0 bridgehead atoms. The van der Waals surface area contributed by atoms with Gasteiger partial charge in [-0.05, 0) is 36.8 Å². The number of benzene rings is 1. The van der Waals surface area contributed by atoms with Crippen LogP contribution in [-0.4, -0.2) is 42.0 Å². The Labute approximate surface area is 129 Å². The smallest absolute Gasteiger partial charge is 0.254 e. The topological polar surface area (TPSA) is 36.4 Å². The van der Waals surface area contributed by atoms with Crippen LogP contribution in [0.2, 0.25) is 0 Å². The number of aryl methyl sites for hydroxylation is 1. The van der Waals surface area contributed by atoms with E-state index in [0.29, 0.717) is 24.2 Å². The minimum atomic E-state index is -0.335. The number of aromatic nitrogens is 1. The summed E-state index contributed by atoms with van der Waals surface area (Å²) in [7, 11) is 0. The first kappa shape index (κ1) is 14.5. The van der Waals surface area contributed by atoms with Crippen LogP contribution >= 0.6 is 0 Å². The second kappa shape index (κ2) is 6.13. The molecule has 3 rings (SSSR count). The van der Waals surface area contributed by atoms with Gasteiger partial charge in [0.1, 0.15) is 11.6 Å². The van der Waals surface area contributed by atoms with Crippen molar-refractivity contribution in [3.63, 3.8) is 0 Å². The minimum Gasteiger partial charge on any atom is -0.353 e. The Morgan fingerprint density at radius 2 is 1.91 bits per heavy atom. The van der Waals surface area contributed by atoms with Gasteiger partial charge in [0.05, 0.1) is 0 Å². The van der Waals surface area contributed by atoms with E-state index in [1.54, 1.807) is 30.2 Å². The van der Waals surface area contributed by atoms with Gasteiger partial charge in [0.2, 0.25) is 0 Å². The fraction of sp³-hybridized carbons (Fsp3) is 0.294. The second-order valence-corrected chi connectivity index (χ2v) is 5.43. The van der Waals surface area contributed by atoms with Crippen LogP contribution in [0.15, 0.2) is 42.6 Å². The summed E-state index contributed by atoms with van der Waals surface area (Å²) in [6, 6.07) is 10.5. The van der Waals surface area contributed by atoms with Crippen LogP contribution in [0.25, 0.3) is 0 Å². The van der Waals surface area contributed by atoms with E-state index >= 15 is 0 Å². The molecule has 1 aromatic carbocycles. The van der Waals surface area contributed by atoms with E-state index in [9.17, 15) is 9.18 Å². The zero-order valence-electron chi connectivity index (χ0n) is 12.5. The molecule has 0 spiro atoms. The van der Waals surface area contributed by atoms with E-state index in [2.05, 4.69) is 9.88 Å². The number of carbonyl (C=O) groups excluding carboxylic acids is 1. The predicted molar refractivity (Wildman–Crippen MR) is 83.5 cm³/mol. The maximum absolute atomic E-state index is 13.6. The third kappa shape index (κ3) is 2.93. The largest absolute Gasteiger partial charge is 0.353 e. The Morgan fingerprint density at radius 1 is 1.14 bits per heavy atom. The van der Waals surface area contributed by atoms with Gasteiger partial charge >= 0.3 is 0 Å². The number of amides is 1. The summed E-state index contributed by atoms with van der Waals surface area (Å²) in [5.41, 5.74) is 0.964. The van der Waals surface area contributed by atoms with Gasteiger partial charge in [-0.3, -0.25) is 4.79 Å². The van der Waals surface area contributed by atoms with E-state index in [1.807, 2.05) is 18.2 Å². The van der Waals surface area contributed by atoms with Crippen molar-refractivity contribution in [3.05, 3.63) is 59.5 Å². The molecule has 1 fully saturated rings. The monoisotopic (exact) mass is 299 g/mol. The summed E-state index contributed by atoms with van der Waals surface area (Å²) < 4.78 is 13.6. The molecular formula is C17H18FN3O. The molecule has 2 heterocycles. The summed E-state index contributed by atoms with van der Waals surface area (Å²) in [6.07, 6.45) is 1.77. The number of piperazine rings is 1. The third-order valence-corrected chi connectivity index (χ3v) is 3.96. The first-order valence-corrected chi connectivity index (χ1v) is 7.36. The lowest BCUT2D eigenvalue weighted by Crippen LogP contribution is -2.49. The van der Waals surface area contributed by atoms with Crippen molar-refractivity contribution in [2.45, 2.75) is 6.92 Å². The van der Waals surface area contributed by atoms with Crippen LogP contribution in [0.4, 0.5) is 10.2 Å². The summed E-state index contributed by atoms with van der Waals surface area (Å²) >= 11 is 0. The molecule has 0 saturated carbocycles. The van der Waals surface area contributed by atoms with Gasteiger partial charge in [0.25, 0.3) is 5.91 Å². The van der Waals surface area contributed by atoms with Gasteiger partial charge in [-0.1, -0.05) is 12.1 Å². The van der Waals surface area contributed by atoms with Gasteiger partial charge in [-0.15, -0.1) is 0 Å². The molecule has 1 aliphatic rings. The zero-order valence-corrected chi connectivity index (χ0v) is 12.5. The quantitative estimate of drug-likeness (QED) is 0.855. The molecule has 0 unspecified atom stereocenters. The van der Waals surface area contributed by atoms with E-state index in [0.717, 1.165) is 18.9 Å². The second-order valence-electron chi connectivity index (χ2n) is 5.43. The number of halogens is 1. The lowest BCUT2D eigenvalue weighted by atomic mass is 10.1. The van der Waals surface area contributed by atoms with Crippen molar-refractivity contribution in [3.8, 4) is 0 Å². The van der Waals surface area contributed by atoms with Crippen LogP contribution in [0.5, 0.6) is 0 Å². The molecule has 4 nitrogen and oxygen atoms in total. The number of hydrogen-bond acceptors (Lipinski definition) is 3. The average Bonchev–Trinajstić information content (AvgIpc) is 2.58. The molecule has 1 amide bonds. The first-order chi connectivity index (χ1) is 10.6. The average molecular weight is 299 g/mol. The summed E-state index contributed by atoms with van der Waals surface area (Å²) in [5.74, 6) is 0.480. The molecule has 114 valence electrons. The van der Waals surface area contributed by atoms with Gasteiger partial charge in [0, 0.05) is 37.9 Å². The van der Waals surface area contributed by atoms with Crippen molar-refractivity contribution < 1.29 is 9.18 Å². The minimum absolute atomic E-state index is 0.112. The highest BCUT2D eigenvalue weighted by molar-refractivity contribution is 5.94. The van der Waals surface area contributed by atoms with E-state index < -0.39 is 0 Å². The lowest BCUT2D eigenvalue weighted by Gasteiger charge is -2.35. The third-order valence-electron chi connectivity index (χ3n) is 3.96. The molecule has 0 radical (unpaired) electrons. The van der Waals surface area contributed by atoms with Gasteiger partial charge in [-0.25, -0.2) is 9.37 Å². The highest BCUT2D eigenvalue weighted by Gasteiger charge is 2.23. The van der Waals surface area contributed by atoms with Crippen LogP contribution in [0.3, 0.4) is 0 Å². The van der Waals surface area contributed by atoms with Crippen LogP contribution < -0.4 is 4.90 Å². The van der Waals surface area contributed by atoms with Gasteiger partial charge < -0.3 is 9.80 Å². The highest BCUT2D eigenvalue weighted by atomic mass is 19.1. The number of hydrogen-bond donors (Lipinski definition) is 0. The maximum Gasteiger partial charge on any atom is 0.254 e. The molecule has 2 aromatic rings. The maximum atomic E-state index is 13.6. The number of pyridine rings is 1. The van der Waals surface area contributed by atoms with Crippen molar-refractivity contribution in [1.29, 1.82) is 0 Å². The van der Waals surface area contributed by atoms with Gasteiger partial charge in [-0.2, -0.15) is 0 Å². The fourth-order valence-electron chi connectivity index (χ4n) is 2.59. The summed E-state index contributed by atoms with van der Waals surface area (Å²) in [6.45, 7) is 4.39. The Hall–Kier alpha value is -2.43. The van der Waals surface area contributed by atoms with Gasteiger partial charge in [0.15, 0.2) is 0 Å². The Balaban J connectivity index is 1.66. The van der Waals surface area contributed by atoms with Crippen LogP contribution in [0.1, 0.15) is 15.9 Å². The fourth-order valence-corrected chi connectivity index (χ4v) is 2.59. The lowest BCUT2D eigenvalue weighted by molar-refractivity contribution is 0.0746.